The van der Waals surface area contributed by atoms with Crippen LogP contribution in [0.25, 0.3) is 11.3 Å². The minimum atomic E-state index is -4.53. The maximum Gasteiger partial charge on any atom is 0.404 e. The summed E-state index contributed by atoms with van der Waals surface area (Å²) >= 11 is 0. The van der Waals surface area contributed by atoms with Crippen LogP contribution in [0.3, 0.4) is 0 Å². The molecule has 0 unspecified atom stereocenters. The molecule has 0 fully saturated rings. The summed E-state index contributed by atoms with van der Waals surface area (Å²) in [4.78, 5) is 17.5. The summed E-state index contributed by atoms with van der Waals surface area (Å²) in [5, 5.41) is 10.1. The molecule has 3 aromatic heterocycles. The number of halogens is 3. The lowest BCUT2D eigenvalue weighted by Crippen LogP contribution is -2.23. The molecular weight excluding hydrogens is 413 g/mol. The molecule has 29 heavy (non-hydrogen) atoms. The summed E-state index contributed by atoms with van der Waals surface area (Å²) in [6.45, 7) is -0.208. The standard InChI is InChI=1S/C17H13F3N4O4S/c18-11-3-4-13(23-8-11)29(27,28)24-9-10(5-7-22-17(25)26)14(19)15(24)12-2-1-6-21-16(12)20/h1-4,6,8-9,22H,5,7H2,(H,25,26). The molecule has 0 bridgehead atoms. The van der Waals surface area contributed by atoms with Gasteiger partial charge in [-0.1, -0.05) is 0 Å². The van der Waals surface area contributed by atoms with Crippen LogP contribution in [0.2, 0.25) is 0 Å². The van der Waals surface area contributed by atoms with E-state index in [9.17, 15) is 22.0 Å². The van der Waals surface area contributed by atoms with Crippen molar-refractivity contribution in [2.75, 3.05) is 6.54 Å². The zero-order valence-electron chi connectivity index (χ0n) is 14.5. The highest BCUT2D eigenvalue weighted by Crippen LogP contribution is 2.31. The monoisotopic (exact) mass is 426 g/mol. The third-order valence-electron chi connectivity index (χ3n) is 3.89. The first-order chi connectivity index (χ1) is 13.7. The largest absolute Gasteiger partial charge is 0.465 e. The molecular formula is C17H13F3N4O4S. The van der Waals surface area contributed by atoms with Gasteiger partial charge in [0.2, 0.25) is 5.95 Å². The molecule has 0 radical (unpaired) electrons. The van der Waals surface area contributed by atoms with Gasteiger partial charge in [-0.05, 0) is 30.7 Å². The van der Waals surface area contributed by atoms with E-state index in [4.69, 9.17) is 5.11 Å². The normalized spacial score (nSPS) is 11.4. The summed E-state index contributed by atoms with van der Waals surface area (Å²) in [5.41, 5.74) is -1.23. The SMILES string of the molecule is O=C(O)NCCc1cn(S(=O)(=O)c2ccc(F)cn2)c(-c2cccnc2F)c1F. The molecule has 12 heteroatoms. The van der Waals surface area contributed by atoms with Crippen LogP contribution in [-0.4, -0.2) is 40.1 Å². The summed E-state index contributed by atoms with van der Waals surface area (Å²) in [6.07, 6.45) is 1.14. The fourth-order valence-corrected chi connectivity index (χ4v) is 3.91. The van der Waals surface area contributed by atoms with E-state index in [0.29, 0.717) is 10.2 Å². The lowest BCUT2D eigenvalue weighted by molar-refractivity contribution is 0.194. The van der Waals surface area contributed by atoms with Gasteiger partial charge in [0, 0.05) is 24.5 Å². The fourth-order valence-electron chi connectivity index (χ4n) is 2.59. The third kappa shape index (κ3) is 4.06. The van der Waals surface area contributed by atoms with Crippen LogP contribution < -0.4 is 5.32 Å². The average molecular weight is 426 g/mol. The molecule has 3 rings (SSSR count). The van der Waals surface area contributed by atoms with Crippen molar-refractivity contribution >= 4 is 16.1 Å². The first kappa shape index (κ1) is 20.3. The van der Waals surface area contributed by atoms with Gasteiger partial charge < -0.3 is 10.4 Å². The van der Waals surface area contributed by atoms with Crippen molar-refractivity contribution in [1.82, 2.24) is 19.3 Å². The Bertz CT molecular complexity index is 1160. The highest BCUT2D eigenvalue weighted by Gasteiger charge is 2.29. The molecule has 0 spiro atoms. The number of carbonyl (C=O) groups is 1. The van der Waals surface area contributed by atoms with Crippen LogP contribution in [0, 0.1) is 17.6 Å². The summed E-state index contributed by atoms with van der Waals surface area (Å²) in [5.74, 6) is -2.94. The lowest BCUT2D eigenvalue weighted by atomic mass is 10.1. The van der Waals surface area contributed by atoms with E-state index in [-0.39, 0.29) is 18.5 Å². The second-order valence-corrected chi connectivity index (χ2v) is 7.52. The lowest BCUT2D eigenvalue weighted by Gasteiger charge is -2.10. The number of rotatable bonds is 6. The number of carboxylic acid groups (broad SMARTS) is 1. The first-order valence-corrected chi connectivity index (χ1v) is 9.50. The van der Waals surface area contributed by atoms with Gasteiger partial charge in [0.15, 0.2) is 10.8 Å². The van der Waals surface area contributed by atoms with Crippen LogP contribution in [0.4, 0.5) is 18.0 Å². The highest BCUT2D eigenvalue weighted by atomic mass is 32.2. The molecule has 0 aromatic carbocycles. The van der Waals surface area contributed by atoms with Gasteiger partial charge in [-0.25, -0.2) is 27.5 Å². The molecule has 0 aliphatic carbocycles. The van der Waals surface area contributed by atoms with Gasteiger partial charge in [0.05, 0.1) is 11.8 Å². The number of hydrogen-bond acceptors (Lipinski definition) is 5. The molecule has 0 aliphatic heterocycles. The zero-order valence-corrected chi connectivity index (χ0v) is 15.3. The Morgan fingerprint density at radius 2 is 1.93 bits per heavy atom. The topological polar surface area (TPSA) is 114 Å². The second-order valence-electron chi connectivity index (χ2n) is 5.76. The van der Waals surface area contributed by atoms with E-state index < -0.39 is 50.0 Å². The predicted octanol–water partition coefficient (Wildman–Crippen LogP) is 2.41. The molecule has 0 saturated carbocycles. The molecule has 0 atom stereocenters. The quantitative estimate of drug-likeness (QED) is 0.585. The Hall–Kier alpha value is -3.41. The van der Waals surface area contributed by atoms with E-state index in [1.807, 2.05) is 5.32 Å². The predicted molar refractivity (Wildman–Crippen MR) is 94.1 cm³/mol. The maximum atomic E-state index is 15.1. The first-order valence-electron chi connectivity index (χ1n) is 8.06. The Balaban J connectivity index is 2.18. The van der Waals surface area contributed by atoms with Gasteiger partial charge >= 0.3 is 6.09 Å². The van der Waals surface area contributed by atoms with Crippen molar-refractivity contribution in [1.29, 1.82) is 0 Å². The molecule has 152 valence electrons. The second kappa shape index (κ2) is 7.91. The number of pyridine rings is 2. The fraction of sp³-hybridized carbons (Fsp3) is 0.118. The molecule has 1 amide bonds. The number of hydrogen-bond donors (Lipinski definition) is 2. The Labute approximate surface area is 162 Å². The van der Waals surface area contributed by atoms with E-state index in [1.165, 1.54) is 6.07 Å². The van der Waals surface area contributed by atoms with Crippen molar-refractivity contribution in [2.24, 2.45) is 0 Å². The van der Waals surface area contributed by atoms with Crippen molar-refractivity contribution < 1.29 is 31.5 Å². The summed E-state index contributed by atoms with van der Waals surface area (Å²) in [6, 6.07) is 4.19. The molecule has 0 aliphatic rings. The van der Waals surface area contributed by atoms with Crippen molar-refractivity contribution in [2.45, 2.75) is 11.4 Å². The Morgan fingerprint density at radius 3 is 2.55 bits per heavy atom. The smallest absolute Gasteiger partial charge is 0.404 e. The van der Waals surface area contributed by atoms with E-state index in [2.05, 4.69) is 9.97 Å². The molecule has 3 heterocycles. The van der Waals surface area contributed by atoms with Crippen LogP contribution in [0.15, 0.2) is 47.9 Å². The van der Waals surface area contributed by atoms with Crippen LogP contribution in [-0.2, 0) is 16.4 Å². The highest BCUT2D eigenvalue weighted by molar-refractivity contribution is 7.90. The molecule has 0 saturated heterocycles. The van der Waals surface area contributed by atoms with E-state index in [0.717, 1.165) is 30.6 Å². The summed E-state index contributed by atoms with van der Waals surface area (Å²) in [7, 11) is -4.53. The molecule has 3 aromatic rings. The van der Waals surface area contributed by atoms with Gasteiger partial charge in [0.25, 0.3) is 10.0 Å². The van der Waals surface area contributed by atoms with Crippen LogP contribution in [0.1, 0.15) is 5.56 Å². The van der Waals surface area contributed by atoms with E-state index >= 15 is 4.39 Å². The molecule has 2 N–H and O–H groups in total. The van der Waals surface area contributed by atoms with Crippen molar-refractivity contribution in [3.05, 3.63) is 66.0 Å². The van der Waals surface area contributed by atoms with Gasteiger partial charge in [0.1, 0.15) is 11.5 Å². The number of aromatic nitrogens is 3. The molecule has 8 nitrogen and oxygen atoms in total. The van der Waals surface area contributed by atoms with Gasteiger partial charge in [-0.15, -0.1) is 0 Å². The Kier molecular flexibility index (Phi) is 5.55. The summed E-state index contributed by atoms with van der Waals surface area (Å²) < 4.78 is 68.8. The van der Waals surface area contributed by atoms with Crippen molar-refractivity contribution in [3.63, 3.8) is 0 Å². The number of amides is 1. The van der Waals surface area contributed by atoms with E-state index in [1.54, 1.807) is 0 Å². The number of nitrogens with zero attached hydrogens (tertiary/aromatic N) is 3. The average Bonchev–Trinajstić information content (AvgIpc) is 2.99. The van der Waals surface area contributed by atoms with Gasteiger partial charge in [-0.2, -0.15) is 12.8 Å². The maximum absolute atomic E-state index is 15.1. The zero-order chi connectivity index (χ0) is 21.2. The minimum absolute atomic E-state index is 0.178. The van der Waals surface area contributed by atoms with Gasteiger partial charge in [-0.3, -0.25) is 0 Å². The van der Waals surface area contributed by atoms with Crippen LogP contribution in [0.5, 0.6) is 0 Å². The third-order valence-corrected chi connectivity index (χ3v) is 5.47. The minimum Gasteiger partial charge on any atom is -0.465 e. The van der Waals surface area contributed by atoms with Crippen LogP contribution >= 0.6 is 0 Å². The number of nitrogens with one attached hydrogen (secondary N) is 1. The Morgan fingerprint density at radius 1 is 1.17 bits per heavy atom. The van der Waals surface area contributed by atoms with Crippen molar-refractivity contribution in [3.8, 4) is 11.3 Å².